The van der Waals surface area contributed by atoms with Gasteiger partial charge in [0, 0.05) is 38.6 Å². The number of carbonyl (C=O) groups is 1. The zero-order valence-electron chi connectivity index (χ0n) is 15.8. The number of hydrogen-bond acceptors (Lipinski definition) is 4. The highest BCUT2D eigenvalue weighted by Crippen LogP contribution is 2.22. The van der Waals surface area contributed by atoms with Crippen molar-refractivity contribution < 1.29 is 4.79 Å². The van der Waals surface area contributed by atoms with Crippen molar-refractivity contribution in [2.75, 3.05) is 39.8 Å². The van der Waals surface area contributed by atoms with Crippen LogP contribution in [0.1, 0.15) is 39.5 Å². The molecule has 1 amide bonds. The van der Waals surface area contributed by atoms with Gasteiger partial charge in [0.1, 0.15) is 0 Å². The second-order valence-electron chi connectivity index (χ2n) is 6.49. The van der Waals surface area contributed by atoms with E-state index in [9.17, 15) is 4.79 Å². The highest BCUT2D eigenvalue weighted by molar-refractivity contribution is 5.79. The summed E-state index contributed by atoms with van der Waals surface area (Å²) in [6.45, 7) is 12.6. The average molecular weight is 337 g/mol. The molecule has 0 aliphatic carbocycles. The number of nitrogens with two attached hydrogens (primary N) is 1. The minimum absolute atomic E-state index is 0.201. The van der Waals surface area contributed by atoms with Crippen LogP contribution in [0.25, 0.3) is 0 Å². The molecule has 138 valence electrons. The van der Waals surface area contributed by atoms with E-state index < -0.39 is 0 Å². The lowest BCUT2D eigenvalue weighted by molar-refractivity contribution is -0.138. The van der Waals surface area contributed by atoms with Crippen LogP contribution in [-0.4, -0.2) is 61.5 Å². The third kappa shape index (κ3) is 6.65. The van der Waals surface area contributed by atoms with Crippen molar-refractivity contribution in [3.8, 4) is 0 Å². The molecular formula is C19H36N4O. The summed E-state index contributed by atoms with van der Waals surface area (Å²) in [6, 6.07) is 0.280. The maximum atomic E-state index is 12.6. The molecule has 0 saturated carbocycles. The van der Waals surface area contributed by atoms with E-state index >= 15 is 0 Å². The molecule has 2 fully saturated rings. The number of nitrogens with zero attached hydrogens (tertiary/aromatic N) is 2. The van der Waals surface area contributed by atoms with Crippen LogP contribution >= 0.6 is 0 Å². The van der Waals surface area contributed by atoms with Gasteiger partial charge in [-0.1, -0.05) is 20.4 Å². The number of hydrogen-bond donors (Lipinski definition) is 2. The summed E-state index contributed by atoms with van der Waals surface area (Å²) in [6.07, 6.45) is 7.73. The van der Waals surface area contributed by atoms with Crippen molar-refractivity contribution in [3.63, 3.8) is 0 Å². The monoisotopic (exact) mass is 336 g/mol. The standard InChI is InChI=1S/C17H30N4O.C2H6/c1-14(3-8-19-2)13-20-9-4-15(5-10-20)17(22)21-11-6-16(18)7-12-21;1-2/h3,8,15-16,19H,1,4-7,9-13,18H2,2H3;1-2H3/b8-3-;. The van der Waals surface area contributed by atoms with Crippen molar-refractivity contribution in [1.29, 1.82) is 0 Å². The van der Waals surface area contributed by atoms with Crippen LogP contribution in [0.3, 0.4) is 0 Å². The summed E-state index contributed by atoms with van der Waals surface area (Å²) in [4.78, 5) is 17.0. The lowest BCUT2D eigenvalue weighted by Crippen LogP contribution is -2.47. The molecular weight excluding hydrogens is 300 g/mol. The molecule has 3 N–H and O–H groups in total. The predicted octanol–water partition coefficient (Wildman–Crippen LogP) is 1.96. The molecule has 24 heavy (non-hydrogen) atoms. The lowest BCUT2D eigenvalue weighted by Gasteiger charge is -2.36. The molecule has 0 unspecified atom stereocenters. The fraction of sp³-hybridized carbons (Fsp3) is 0.737. The molecule has 5 nitrogen and oxygen atoms in total. The molecule has 2 aliphatic rings. The molecule has 0 aromatic heterocycles. The SMILES string of the molecule is C=C(/C=C\NC)CN1CCC(C(=O)N2CCC(N)CC2)CC1.CC. The van der Waals surface area contributed by atoms with E-state index in [1.807, 2.05) is 38.1 Å². The maximum absolute atomic E-state index is 12.6. The van der Waals surface area contributed by atoms with Gasteiger partial charge in [-0.05, 0) is 56.6 Å². The van der Waals surface area contributed by atoms with Gasteiger partial charge in [0.05, 0.1) is 0 Å². The first kappa shape index (κ1) is 20.7. The number of amides is 1. The Balaban J connectivity index is 0.00000139. The molecule has 0 radical (unpaired) electrons. The van der Waals surface area contributed by atoms with Crippen LogP contribution < -0.4 is 11.1 Å². The molecule has 2 rings (SSSR count). The molecule has 0 bridgehead atoms. The highest BCUT2D eigenvalue weighted by Gasteiger charge is 2.30. The first-order valence-corrected chi connectivity index (χ1v) is 9.38. The number of nitrogens with one attached hydrogen (secondary N) is 1. The van der Waals surface area contributed by atoms with Crippen LogP contribution in [0.5, 0.6) is 0 Å². The van der Waals surface area contributed by atoms with E-state index in [0.29, 0.717) is 5.91 Å². The second-order valence-corrected chi connectivity index (χ2v) is 6.49. The minimum Gasteiger partial charge on any atom is -0.394 e. The van der Waals surface area contributed by atoms with E-state index in [2.05, 4.69) is 16.8 Å². The molecule has 5 heteroatoms. The van der Waals surface area contributed by atoms with Gasteiger partial charge in [-0.15, -0.1) is 0 Å². The smallest absolute Gasteiger partial charge is 0.225 e. The number of rotatable bonds is 5. The Labute approximate surface area is 147 Å². The van der Waals surface area contributed by atoms with E-state index in [-0.39, 0.29) is 12.0 Å². The van der Waals surface area contributed by atoms with Gasteiger partial charge in [0.25, 0.3) is 0 Å². The Morgan fingerprint density at radius 3 is 2.29 bits per heavy atom. The Morgan fingerprint density at radius 2 is 1.75 bits per heavy atom. The summed E-state index contributed by atoms with van der Waals surface area (Å²) in [5.41, 5.74) is 7.01. The van der Waals surface area contributed by atoms with Gasteiger partial charge in [-0.25, -0.2) is 0 Å². The average Bonchev–Trinajstić information content (AvgIpc) is 2.62. The Kier molecular flexibility index (Phi) is 9.72. The molecule has 0 spiro atoms. The summed E-state index contributed by atoms with van der Waals surface area (Å²) >= 11 is 0. The minimum atomic E-state index is 0.201. The number of likely N-dealkylation sites (tertiary alicyclic amines) is 2. The Bertz CT molecular complexity index is 406. The normalized spacial score (nSPS) is 20.6. The maximum Gasteiger partial charge on any atom is 0.225 e. The van der Waals surface area contributed by atoms with Crippen LogP contribution in [0.4, 0.5) is 0 Å². The Hall–Kier alpha value is -1.33. The third-order valence-electron chi connectivity index (χ3n) is 4.70. The zero-order valence-corrected chi connectivity index (χ0v) is 15.8. The van der Waals surface area contributed by atoms with E-state index in [1.54, 1.807) is 0 Å². The zero-order chi connectivity index (χ0) is 17.9. The fourth-order valence-corrected chi connectivity index (χ4v) is 3.26. The second kappa shape index (κ2) is 11.3. The number of piperidine rings is 2. The van der Waals surface area contributed by atoms with Crippen molar-refractivity contribution in [2.45, 2.75) is 45.6 Å². The summed E-state index contributed by atoms with van der Waals surface area (Å²) in [5, 5.41) is 2.98. The molecule has 0 aromatic carbocycles. The van der Waals surface area contributed by atoms with Gasteiger partial charge < -0.3 is 16.0 Å². The van der Waals surface area contributed by atoms with E-state index in [1.165, 1.54) is 0 Å². The largest absolute Gasteiger partial charge is 0.394 e. The summed E-state index contributed by atoms with van der Waals surface area (Å²) in [7, 11) is 1.88. The number of carbonyl (C=O) groups excluding carboxylic acids is 1. The van der Waals surface area contributed by atoms with Gasteiger partial charge in [0.2, 0.25) is 5.91 Å². The van der Waals surface area contributed by atoms with E-state index in [4.69, 9.17) is 5.73 Å². The molecule has 0 atom stereocenters. The summed E-state index contributed by atoms with van der Waals surface area (Å²) < 4.78 is 0. The fourth-order valence-electron chi connectivity index (χ4n) is 3.26. The van der Waals surface area contributed by atoms with Crippen molar-refractivity contribution in [3.05, 3.63) is 24.4 Å². The van der Waals surface area contributed by atoms with Gasteiger partial charge in [-0.2, -0.15) is 0 Å². The molecule has 2 aliphatic heterocycles. The lowest BCUT2D eigenvalue weighted by atomic mass is 9.93. The quantitative estimate of drug-likeness (QED) is 0.754. The molecule has 2 saturated heterocycles. The summed E-state index contributed by atoms with van der Waals surface area (Å²) in [5.74, 6) is 0.548. The van der Waals surface area contributed by atoms with Crippen molar-refractivity contribution in [1.82, 2.24) is 15.1 Å². The molecule has 2 heterocycles. The van der Waals surface area contributed by atoms with Crippen molar-refractivity contribution >= 4 is 5.91 Å². The van der Waals surface area contributed by atoms with Crippen LogP contribution in [-0.2, 0) is 4.79 Å². The topological polar surface area (TPSA) is 61.6 Å². The van der Waals surface area contributed by atoms with Crippen LogP contribution in [0.15, 0.2) is 24.4 Å². The van der Waals surface area contributed by atoms with Crippen LogP contribution in [0, 0.1) is 5.92 Å². The third-order valence-corrected chi connectivity index (χ3v) is 4.70. The van der Waals surface area contributed by atoms with Gasteiger partial charge >= 0.3 is 0 Å². The first-order valence-electron chi connectivity index (χ1n) is 9.38. The predicted molar refractivity (Wildman–Crippen MR) is 102 cm³/mol. The van der Waals surface area contributed by atoms with Gasteiger partial charge in [-0.3, -0.25) is 9.69 Å². The highest BCUT2D eigenvalue weighted by atomic mass is 16.2. The first-order chi connectivity index (χ1) is 11.6. The van der Waals surface area contributed by atoms with Crippen LogP contribution in [0.2, 0.25) is 0 Å². The molecule has 0 aromatic rings. The van der Waals surface area contributed by atoms with Gasteiger partial charge in [0.15, 0.2) is 0 Å². The van der Waals surface area contributed by atoms with Crippen molar-refractivity contribution in [2.24, 2.45) is 11.7 Å². The van der Waals surface area contributed by atoms with E-state index in [0.717, 1.165) is 64.0 Å². The Morgan fingerprint density at radius 1 is 1.17 bits per heavy atom.